The summed E-state index contributed by atoms with van der Waals surface area (Å²) in [5, 5.41) is 0. The zero-order chi connectivity index (χ0) is 20.2. The molecule has 2 aromatic rings. The minimum absolute atomic E-state index is 0.204. The van der Waals surface area contributed by atoms with E-state index in [9.17, 15) is 13.6 Å². The van der Waals surface area contributed by atoms with E-state index in [0.29, 0.717) is 18.2 Å². The quantitative estimate of drug-likeness (QED) is 0.655. The highest BCUT2D eigenvalue weighted by Gasteiger charge is 2.25. The molecule has 154 valence electrons. The summed E-state index contributed by atoms with van der Waals surface area (Å²) in [6.07, 6.45) is 4.37. The number of rotatable bonds is 6. The average Bonchev–Trinajstić information content (AvgIpc) is 2.73. The highest BCUT2D eigenvalue weighted by atomic mass is 32.2. The zero-order valence-electron chi connectivity index (χ0n) is 16.4. The van der Waals surface area contributed by atoms with Gasteiger partial charge in [0.25, 0.3) is 0 Å². The van der Waals surface area contributed by atoms with Crippen molar-refractivity contribution in [1.29, 1.82) is 0 Å². The predicted octanol–water partition coefficient (Wildman–Crippen LogP) is 5.10. The van der Waals surface area contributed by atoms with Gasteiger partial charge in [-0.25, -0.2) is 8.78 Å². The van der Waals surface area contributed by atoms with Crippen LogP contribution >= 0.6 is 11.8 Å². The fourth-order valence-corrected chi connectivity index (χ4v) is 5.20. The van der Waals surface area contributed by atoms with Crippen molar-refractivity contribution < 1.29 is 13.6 Å². The molecule has 0 aromatic heterocycles. The summed E-state index contributed by atoms with van der Waals surface area (Å²) in [5.41, 5.74) is 1.87. The van der Waals surface area contributed by atoms with Crippen molar-refractivity contribution in [1.82, 2.24) is 4.90 Å². The van der Waals surface area contributed by atoms with Gasteiger partial charge in [-0.05, 0) is 74.5 Å². The van der Waals surface area contributed by atoms with E-state index in [2.05, 4.69) is 11.0 Å². The van der Waals surface area contributed by atoms with Crippen molar-refractivity contribution in [2.24, 2.45) is 5.92 Å². The van der Waals surface area contributed by atoms with E-state index < -0.39 is 11.6 Å². The van der Waals surface area contributed by atoms with Gasteiger partial charge in [0.1, 0.15) is 0 Å². The number of thioether (sulfide) groups is 1. The Morgan fingerprint density at radius 2 is 1.83 bits per heavy atom. The van der Waals surface area contributed by atoms with Crippen molar-refractivity contribution in [3.8, 4) is 0 Å². The van der Waals surface area contributed by atoms with E-state index in [-0.39, 0.29) is 5.91 Å². The van der Waals surface area contributed by atoms with Crippen LogP contribution in [0.15, 0.2) is 47.4 Å². The summed E-state index contributed by atoms with van der Waals surface area (Å²) in [6.45, 7) is 3.41. The molecule has 0 unspecified atom stereocenters. The first kappa shape index (κ1) is 20.4. The topological polar surface area (TPSA) is 23.6 Å². The second-order valence-corrected chi connectivity index (χ2v) is 8.93. The molecule has 0 aliphatic carbocycles. The Morgan fingerprint density at radius 3 is 2.62 bits per heavy atom. The van der Waals surface area contributed by atoms with Crippen LogP contribution in [0.2, 0.25) is 0 Å². The molecular weight excluding hydrogens is 390 g/mol. The van der Waals surface area contributed by atoms with Gasteiger partial charge < -0.3 is 4.90 Å². The molecule has 1 saturated heterocycles. The van der Waals surface area contributed by atoms with Gasteiger partial charge in [-0.15, -0.1) is 11.8 Å². The Bertz CT molecular complexity index is 868. The first-order valence-corrected chi connectivity index (χ1v) is 11.3. The molecule has 0 radical (unpaired) electrons. The van der Waals surface area contributed by atoms with Crippen LogP contribution in [-0.4, -0.2) is 36.2 Å². The van der Waals surface area contributed by atoms with E-state index in [1.807, 2.05) is 23.1 Å². The monoisotopic (exact) mass is 416 g/mol. The number of benzene rings is 2. The number of carbonyl (C=O) groups excluding carboxylic acids is 1. The lowest BCUT2D eigenvalue weighted by Crippen LogP contribution is -2.37. The summed E-state index contributed by atoms with van der Waals surface area (Å²) >= 11 is 1.62. The number of amides is 1. The molecule has 2 aromatic carbocycles. The van der Waals surface area contributed by atoms with Crippen molar-refractivity contribution in [3.05, 3.63) is 59.7 Å². The maximum Gasteiger partial charge on any atom is 0.237 e. The maximum absolute atomic E-state index is 13.4. The Morgan fingerprint density at radius 1 is 1.03 bits per heavy atom. The van der Waals surface area contributed by atoms with E-state index in [1.165, 1.54) is 17.0 Å². The SMILES string of the molecule is O=C1CSc2ccccc2N1CCCC1CCN(Cc2ccc(F)c(F)c2)CC1. The summed E-state index contributed by atoms with van der Waals surface area (Å²) in [7, 11) is 0. The van der Waals surface area contributed by atoms with Crippen molar-refractivity contribution in [3.63, 3.8) is 0 Å². The van der Waals surface area contributed by atoms with E-state index in [4.69, 9.17) is 0 Å². The highest BCUT2D eigenvalue weighted by molar-refractivity contribution is 8.00. The number of fused-ring (bicyclic) bond motifs is 1. The average molecular weight is 417 g/mol. The number of hydrogen-bond donors (Lipinski definition) is 0. The van der Waals surface area contributed by atoms with Crippen molar-refractivity contribution in [2.45, 2.75) is 37.1 Å². The van der Waals surface area contributed by atoms with Crippen LogP contribution in [0.4, 0.5) is 14.5 Å². The third-order valence-corrected chi connectivity index (χ3v) is 6.95. The van der Waals surface area contributed by atoms with Gasteiger partial charge in [0.05, 0.1) is 11.4 Å². The smallest absolute Gasteiger partial charge is 0.237 e. The second kappa shape index (κ2) is 9.26. The molecule has 4 rings (SSSR count). The van der Waals surface area contributed by atoms with Gasteiger partial charge >= 0.3 is 0 Å². The molecule has 0 atom stereocenters. The molecule has 1 amide bonds. The number of nitrogens with zero attached hydrogens (tertiary/aromatic N) is 2. The van der Waals surface area contributed by atoms with Gasteiger partial charge in [-0.1, -0.05) is 18.2 Å². The number of halogens is 2. The van der Waals surface area contributed by atoms with Gasteiger partial charge in [-0.3, -0.25) is 9.69 Å². The molecular formula is C23H26F2N2OS. The molecule has 1 fully saturated rings. The normalized spacial score (nSPS) is 18.1. The van der Waals surface area contributed by atoms with Crippen LogP contribution < -0.4 is 4.90 Å². The molecule has 0 spiro atoms. The summed E-state index contributed by atoms with van der Waals surface area (Å²) in [5.74, 6) is -0.166. The third kappa shape index (κ3) is 4.98. The van der Waals surface area contributed by atoms with Gasteiger partial charge in [0.15, 0.2) is 11.6 Å². The Balaban J connectivity index is 1.22. The number of piperidine rings is 1. The van der Waals surface area contributed by atoms with E-state index in [0.717, 1.165) is 56.6 Å². The Hall–Kier alpha value is -1.92. The fourth-order valence-electron chi connectivity index (χ4n) is 4.27. The van der Waals surface area contributed by atoms with Gasteiger partial charge in [0, 0.05) is 18.0 Å². The third-order valence-electron chi connectivity index (χ3n) is 5.90. The summed E-state index contributed by atoms with van der Waals surface area (Å²) in [6, 6.07) is 12.3. The van der Waals surface area contributed by atoms with E-state index >= 15 is 0 Å². The number of para-hydroxylation sites is 1. The molecule has 2 aliphatic heterocycles. The fraction of sp³-hybridized carbons (Fsp3) is 0.435. The van der Waals surface area contributed by atoms with Crippen LogP contribution in [-0.2, 0) is 11.3 Å². The van der Waals surface area contributed by atoms with Gasteiger partial charge in [0.2, 0.25) is 5.91 Å². The van der Waals surface area contributed by atoms with Crippen molar-refractivity contribution in [2.75, 3.05) is 30.3 Å². The first-order valence-electron chi connectivity index (χ1n) is 10.3. The summed E-state index contributed by atoms with van der Waals surface area (Å²) < 4.78 is 26.5. The molecule has 2 aliphatic rings. The molecule has 2 heterocycles. The first-order chi connectivity index (χ1) is 14.1. The Labute approximate surface area is 175 Å². The number of anilines is 1. The number of likely N-dealkylation sites (tertiary alicyclic amines) is 1. The van der Waals surface area contributed by atoms with Crippen LogP contribution in [0.25, 0.3) is 0 Å². The predicted molar refractivity (Wildman–Crippen MR) is 113 cm³/mol. The standard InChI is InChI=1S/C23H26F2N2OS/c24-19-8-7-18(14-20(19)25)15-26-12-9-17(10-13-26)4-3-11-27-21-5-1-2-6-22(21)29-16-23(27)28/h1-2,5-8,14,17H,3-4,9-13,15-16H2. The minimum atomic E-state index is -0.791. The number of carbonyl (C=O) groups is 1. The minimum Gasteiger partial charge on any atom is -0.311 e. The molecule has 0 saturated carbocycles. The molecule has 29 heavy (non-hydrogen) atoms. The van der Waals surface area contributed by atoms with Gasteiger partial charge in [-0.2, -0.15) is 0 Å². The van der Waals surface area contributed by atoms with Crippen LogP contribution in [0.3, 0.4) is 0 Å². The van der Waals surface area contributed by atoms with E-state index in [1.54, 1.807) is 17.8 Å². The second-order valence-electron chi connectivity index (χ2n) is 7.91. The number of hydrogen-bond acceptors (Lipinski definition) is 3. The molecule has 0 bridgehead atoms. The van der Waals surface area contributed by atoms with Crippen LogP contribution in [0.1, 0.15) is 31.2 Å². The molecule has 0 N–H and O–H groups in total. The summed E-state index contributed by atoms with van der Waals surface area (Å²) in [4.78, 5) is 17.8. The lowest BCUT2D eigenvalue weighted by atomic mass is 9.92. The molecule has 6 heteroatoms. The Kier molecular flexibility index (Phi) is 6.50. The highest BCUT2D eigenvalue weighted by Crippen LogP contribution is 2.35. The molecule has 3 nitrogen and oxygen atoms in total. The van der Waals surface area contributed by atoms with Crippen LogP contribution in [0.5, 0.6) is 0 Å². The lowest BCUT2D eigenvalue weighted by molar-refractivity contribution is -0.116. The largest absolute Gasteiger partial charge is 0.311 e. The lowest BCUT2D eigenvalue weighted by Gasteiger charge is -2.33. The maximum atomic E-state index is 13.4. The zero-order valence-corrected chi connectivity index (χ0v) is 17.3. The van der Waals surface area contributed by atoms with Crippen LogP contribution in [0, 0.1) is 17.6 Å². The van der Waals surface area contributed by atoms with Crippen molar-refractivity contribution >= 4 is 23.4 Å².